The lowest BCUT2D eigenvalue weighted by Crippen LogP contribution is -2.57. The van der Waals surface area contributed by atoms with Crippen molar-refractivity contribution in [3.8, 4) is 0 Å². The first-order valence-corrected chi connectivity index (χ1v) is 21.2. The first kappa shape index (κ1) is 38.4. The third-order valence-corrected chi connectivity index (χ3v) is 13.5. The molecule has 0 saturated carbocycles. The van der Waals surface area contributed by atoms with Crippen molar-refractivity contribution in [1.82, 2.24) is 25.2 Å². The third kappa shape index (κ3) is 7.43. The van der Waals surface area contributed by atoms with Gasteiger partial charge < -0.3 is 19.9 Å². The molecule has 4 amide bonds. The summed E-state index contributed by atoms with van der Waals surface area (Å²) in [6.07, 6.45) is 5.79. The van der Waals surface area contributed by atoms with Gasteiger partial charge in [0.25, 0.3) is 11.8 Å². The topological polar surface area (TPSA) is 184 Å². The van der Waals surface area contributed by atoms with E-state index in [4.69, 9.17) is 14.7 Å². The average Bonchev–Trinajstić information content (AvgIpc) is 3.43. The fourth-order valence-electron chi connectivity index (χ4n) is 8.51. The lowest BCUT2D eigenvalue weighted by atomic mass is 9.88. The number of hydrogen-bond donors (Lipinski definition) is 2. The molecule has 1 unspecified atom stereocenters. The van der Waals surface area contributed by atoms with E-state index in [0.29, 0.717) is 29.7 Å². The molecule has 3 atom stereocenters. The molecule has 0 bridgehead atoms. The van der Waals surface area contributed by atoms with E-state index in [0.717, 1.165) is 47.3 Å². The molecule has 298 valence electrons. The van der Waals surface area contributed by atoms with Gasteiger partial charge >= 0.3 is 0 Å². The number of nitrogens with one attached hydrogen (secondary N) is 2. The molecule has 6 heterocycles. The van der Waals surface area contributed by atoms with Crippen LogP contribution in [0.5, 0.6) is 0 Å². The van der Waals surface area contributed by atoms with Gasteiger partial charge in [-0.1, -0.05) is 26.0 Å². The van der Waals surface area contributed by atoms with Crippen molar-refractivity contribution >= 4 is 67.5 Å². The number of rotatable bonds is 11. The molecule has 2 aromatic carbocycles. The Morgan fingerprint density at radius 3 is 2.42 bits per heavy atom. The Morgan fingerprint density at radius 1 is 0.930 bits per heavy atom. The van der Waals surface area contributed by atoms with Gasteiger partial charge in [-0.25, -0.2) is 18.4 Å². The number of nitrogens with zero attached hydrogens (tertiary/aromatic N) is 6. The van der Waals surface area contributed by atoms with Crippen LogP contribution in [0.1, 0.15) is 84.2 Å². The van der Waals surface area contributed by atoms with E-state index in [1.54, 1.807) is 19.4 Å². The average molecular weight is 795 g/mol. The van der Waals surface area contributed by atoms with Gasteiger partial charge in [-0.2, -0.15) is 4.98 Å². The number of anilines is 4. The largest absolute Gasteiger partial charge is 0.381 e. The van der Waals surface area contributed by atoms with E-state index in [2.05, 4.69) is 51.4 Å². The normalized spacial score (nSPS) is 21.6. The zero-order chi connectivity index (χ0) is 40.2. The molecule has 2 aromatic heterocycles. The summed E-state index contributed by atoms with van der Waals surface area (Å²) in [5.41, 5.74) is 2.72. The second-order valence-electron chi connectivity index (χ2n) is 15.8. The molecule has 4 aliphatic rings. The van der Waals surface area contributed by atoms with E-state index in [1.165, 1.54) is 17.7 Å². The van der Waals surface area contributed by atoms with Crippen LogP contribution < -0.4 is 20.4 Å². The Hall–Kier alpha value is -5.48. The minimum absolute atomic E-state index is 0.0147. The molecule has 0 radical (unpaired) electrons. The molecular formula is C41H46N8O7S. The number of carbonyl (C=O) groups is 4. The van der Waals surface area contributed by atoms with Crippen LogP contribution in [0.25, 0.3) is 10.8 Å². The molecule has 16 heteroatoms. The highest BCUT2D eigenvalue weighted by molar-refractivity contribution is 7.90. The number of imide groups is 2. The SMILES string of the molecule is COC1CCN(c2nccc(Nc3cc4c(C(C)C)ccc(N5C[C@H](CS(=O)(=O)Cc6ccc7c(c6)C(=O)N(C6CCC(=O)NC6=O)C7=O)[C@H]5C)c4cn3)n2)CC1. The van der Waals surface area contributed by atoms with Crippen LogP contribution in [0.4, 0.5) is 23.3 Å². The van der Waals surface area contributed by atoms with E-state index >= 15 is 0 Å². The number of piperidine rings is 2. The number of amides is 4. The lowest BCUT2D eigenvalue weighted by Gasteiger charge is -2.48. The summed E-state index contributed by atoms with van der Waals surface area (Å²) in [6.45, 7) is 8.53. The zero-order valence-electron chi connectivity index (χ0n) is 32.4. The number of methoxy groups -OCH3 is 1. The summed E-state index contributed by atoms with van der Waals surface area (Å²) in [5, 5.41) is 7.60. The number of aromatic nitrogens is 3. The molecule has 2 N–H and O–H groups in total. The third-order valence-electron chi connectivity index (χ3n) is 11.8. The second-order valence-corrected chi connectivity index (χ2v) is 17.9. The minimum Gasteiger partial charge on any atom is -0.381 e. The predicted octanol–water partition coefficient (Wildman–Crippen LogP) is 4.35. The van der Waals surface area contributed by atoms with Crippen molar-refractivity contribution in [2.45, 2.75) is 76.3 Å². The van der Waals surface area contributed by atoms with Gasteiger partial charge in [0.2, 0.25) is 17.8 Å². The van der Waals surface area contributed by atoms with E-state index < -0.39 is 39.5 Å². The Kier molecular flexibility index (Phi) is 10.2. The summed E-state index contributed by atoms with van der Waals surface area (Å²) >= 11 is 0. The quantitative estimate of drug-likeness (QED) is 0.205. The number of carbonyl (C=O) groups excluding carboxylic acids is 4. The van der Waals surface area contributed by atoms with Crippen molar-refractivity contribution < 1.29 is 32.3 Å². The molecule has 4 aromatic rings. The minimum atomic E-state index is -3.62. The summed E-state index contributed by atoms with van der Waals surface area (Å²) in [4.78, 5) is 69.8. The monoisotopic (exact) mass is 794 g/mol. The molecule has 8 rings (SSSR count). The molecule has 3 saturated heterocycles. The van der Waals surface area contributed by atoms with Crippen LogP contribution in [-0.2, 0) is 29.9 Å². The summed E-state index contributed by atoms with van der Waals surface area (Å²) in [7, 11) is -1.87. The molecule has 3 fully saturated rings. The standard InChI is InChI=1S/C41H46N8O7S/c1-23(2)28-7-8-33(32-19-43-36(18-30(28)32)44-35-11-14-42-41(45-35)47-15-12-27(56-4)13-16-47)48-20-26(24(48)3)22-57(54,55)21-25-5-6-29-31(17-25)40(53)49(39(29)52)34-9-10-37(50)46-38(34)51/h5-8,11,14,17-19,23-24,26-27,34H,9-10,12-13,15-16,20-22H2,1-4H3,(H,46,50,51)(H,42,43,44,45)/t24-,26-,34?/m1/s1. The summed E-state index contributed by atoms with van der Waals surface area (Å²) < 4.78 is 32.7. The molecular weight excluding hydrogens is 749 g/mol. The Balaban J connectivity index is 0.944. The van der Waals surface area contributed by atoms with Crippen molar-refractivity contribution in [3.05, 3.63) is 77.1 Å². The number of ether oxygens (including phenoxy) is 1. The highest BCUT2D eigenvalue weighted by Gasteiger charge is 2.45. The molecule has 4 aliphatic heterocycles. The first-order valence-electron chi connectivity index (χ1n) is 19.4. The highest BCUT2D eigenvalue weighted by Crippen LogP contribution is 2.40. The van der Waals surface area contributed by atoms with Gasteiger partial charge in [0.05, 0.1) is 28.7 Å². The predicted molar refractivity (Wildman–Crippen MR) is 214 cm³/mol. The number of benzene rings is 2. The fraction of sp³-hybridized carbons (Fsp3) is 0.439. The summed E-state index contributed by atoms with van der Waals surface area (Å²) in [6, 6.07) is 11.4. The summed E-state index contributed by atoms with van der Waals surface area (Å²) in [5.74, 6) is -0.698. The van der Waals surface area contributed by atoms with Gasteiger partial charge in [-0.3, -0.25) is 29.4 Å². The van der Waals surface area contributed by atoms with E-state index in [1.807, 2.05) is 25.3 Å². The van der Waals surface area contributed by atoms with Crippen molar-refractivity contribution in [1.29, 1.82) is 0 Å². The number of pyridine rings is 1. The van der Waals surface area contributed by atoms with Crippen molar-refractivity contribution in [2.75, 3.05) is 47.6 Å². The molecule has 0 aliphatic carbocycles. The van der Waals surface area contributed by atoms with Crippen LogP contribution in [0.3, 0.4) is 0 Å². The van der Waals surface area contributed by atoms with Crippen LogP contribution >= 0.6 is 0 Å². The smallest absolute Gasteiger partial charge is 0.262 e. The first-order chi connectivity index (χ1) is 27.3. The maximum Gasteiger partial charge on any atom is 0.262 e. The van der Waals surface area contributed by atoms with Gasteiger partial charge in [0.1, 0.15) is 17.7 Å². The molecule has 15 nitrogen and oxygen atoms in total. The Morgan fingerprint density at radius 2 is 1.70 bits per heavy atom. The Labute approximate surface area is 331 Å². The maximum absolute atomic E-state index is 13.6. The number of fused-ring (bicyclic) bond motifs is 2. The van der Waals surface area contributed by atoms with Crippen molar-refractivity contribution in [3.63, 3.8) is 0 Å². The fourth-order valence-corrected chi connectivity index (χ4v) is 10.3. The van der Waals surface area contributed by atoms with Gasteiger partial charge in [-0.15, -0.1) is 0 Å². The highest BCUT2D eigenvalue weighted by atomic mass is 32.2. The molecule has 57 heavy (non-hydrogen) atoms. The van der Waals surface area contributed by atoms with Gasteiger partial charge in [-0.05, 0) is 78.9 Å². The maximum atomic E-state index is 13.6. The van der Waals surface area contributed by atoms with Crippen LogP contribution in [0, 0.1) is 5.92 Å². The van der Waals surface area contributed by atoms with E-state index in [-0.39, 0.29) is 59.5 Å². The second kappa shape index (κ2) is 15.1. The molecule has 0 spiro atoms. The van der Waals surface area contributed by atoms with Crippen LogP contribution in [0.15, 0.2) is 54.9 Å². The van der Waals surface area contributed by atoms with Crippen molar-refractivity contribution in [2.24, 2.45) is 5.92 Å². The number of hydrogen-bond acceptors (Lipinski definition) is 13. The van der Waals surface area contributed by atoms with E-state index in [9.17, 15) is 27.6 Å². The number of sulfone groups is 1. The van der Waals surface area contributed by atoms with Gasteiger partial charge in [0, 0.05) is 68.6 Å². The van der Waals surface area contributed by atoms with Gasteiger partial charge in [0.15, 0.2) is 9.84 Å². The zero-order valence-corrected chi connectivity index (χ0v) is 33.2. The Bertz CT molecular complexity index is 2400. The van der Waals surface area contributed by atoms with Crippen LogP contribution in [0.2, 0.25) is 0 Å². The lowest BCUT2D eigenvalue weighted by molar-refractivity contribution is -0.136. The van der Waals surface area contributed by atoms with Crippen LogP contribution in [-0.4, -0.2) is 103 Å².